The summed E-state index contributed by atoms with van der Waals surface area (Å²) in [5, 5.41) is 0. The van der Waals surface area contributed by atoms with Crippen LogP contribution in [0.2, 0.25) is 6.04 Å². The molecule has 0 aromatic heterocycles. The van der Waals surface area contributed by atoms with Crippen LogP contribution in [0.3, 0.4) is 0 Å². The summed E-state index contributed by atoms with van der Waals surface area (Å²) in [6, 6.07) is -0.0474. The average molecular weight is 246 g/mol. The van der Waals surface area contributed by atoms with E-state index in [1.807, 2.05) is 0 Å². The summed E-state index contributed by atoms with van der Waals surface area (Å²) in [5.74, 6) is 0. The number of rotatable bonds is 7. The third-order valence-corrected chi connectivity index (χ3v) is 4.16. The third kappa shape index (κ3) is 7.77. The highest BCUT2D eigenvalue weighted by atomic mass is 28.4. The van der Waals surface area contributed by atoms with Gasteiger partial charge in [0.05, 0.1) is 0 Å². The smallest absolute Gasteiger partial charge is 0.390 e. The SMILES string of the molecule is CCO[Si](O)(CCCC(F)(F)F)OCC. The molecule has 0 aliphatic rings. The Morgan fingerprint density at radius 2 is 1.60 bits per heavy atom. The number of alkyl halides is 3. The maximum atomic E-state index is 11.9. The molecule has 1 N–H and O–H groups in total. The number of hydrogen-bond acceptors (Lipinski definition) is 3. The van der Waals surface area contributed by atoms with E-state index in [0.717, 1.165) is 0 Å². The molecular weight excluding hydrogens is 229 g/mol. The summed E-state index contributed by atoms with van der Waals surface area (Å²) in [4.78, 5) is 9.74. The molecule has 3 nitrogen and oxygen atoms in total. The highest BCUT2D eigenvalue weighted by Gasteiger charge is 2.37. The van der Waals surface area contributed by atoms with Crippen molar-refractivity contribution in [2.24, 2.45) is 0 Å². The topological polar surface area (TPSA) is 38.7 Å². The first kappa shape index (κ1) is 14.9. The first-order valence-corrected chi connectivity index (χ1v) is 6.87. The van der Waals surface area contributed by atoms with E-state index in [2.05, 4.69) is 0 Å². The van der Waals surface area contributed by atoms with Gasteiger partial charge >= 0.3 is 15.0 Å². The largest absolute Gasteiger partial charge is 0.498 e. The Hall–Kier alpha value is -0.113. The van der Waals surface area contributed by atoms with Crippen LogP contribution in [0.5, 0.6) is 0 Å². The predicted octanol–water partition coefficient (Wildman–Crippen LogP) is 2.33. The lowest BCUT2D eigenvalue weighted by Crippen LogP contribution is -2.42. The molecule has 0 bridgehead atoms. The van der Waals surface area contributed by atoms with Crippen LogP contribution in [0.4, 0.5) is 13.2 Å². The van der Waals surface area contributed by atoms with E-state index < -0.39 is 21.4 Å². The van der Waals surface area contributed by atoms with Crippen molar-refractivity contribution >= 4 is 8.80 Å². The summed E-state index contributed by atoms with van der Waals surface area (Å²) in [6.07, 6.45) is -5.26. The van der Waals surface area contributed by atoms with Crippen LogP contribution < -0.4 is 0 Å². The van der Waals surface area contributed by atoms with E-state index in [4.69, 9.17) is 8.85 Å². The second kappa shape index (κ2) is 6.47. The Kier molecular flexibility index (Phi) is 6.42. The van der Waals surface area contributed by atoms with Gasteiger partial charge in [0.1, 0.15) is 0 Å². The summed E-state index contributed by atoms with van der Waals surface area (Å²) >= 11 is 0. The van der Waals surface area contributed by atoms with Crippen LogP contribution in [-0.4, -0.2) is 33.0 Å². The van der Waals surface area contributed by atoms with E-state index >= 15 is 0 Å². The van der Waals surface area contributed by atoms with Crippen molar-refractivity contribution in [3.05, 3.63) is 0 Å². The molecule has 15 heavy (non-hydrogen) atoms. The third-order valence-electron chi connectivity index (χ3n) is 1.69. The molecule has 0 radical (unpaired) electrons. The Labute approximate surface area is 88.6 Å². The molecule has 0 aromatic carbocycles. The molecule has 0 rings (SSSR count). The molecule has 0 heterocycles. The van der Waals surface area contributed by atoms with Crippen molar-refractivity contribution in [1.29, 1.82) is 0 Å². The zero-order valence-electron chi connectivity index (χ0n) is 8.93. The molecule has 0 aliphatic carbocycles. The van der Waals surface area contributed by atoms with E-state index in [0.29, 0.717) is 0 Å². The molecular formula is C8H17F3O3Si. The average Bonchev–Trinajstić information content (AvgIpc) is 2.01. The van der Waals surface area contributed by atoms with Crippen LogP contribution in [0.25, 0.3) is 0 Å². The maximum Gasteiger partial charge on any atom is 0.498 e. The minimum atomic E-state index is -4.19. The molecule has 0 spiro atoms. The molecule has 7 heteroatoms. The van der Waals surface area contributed by atoms with Crippen molar-refractivity contribution in [2.75, 3.05) is 13.2 Å². The van der Waals surface area contributed by atoms with Crippen molar-refractivity contribution in [3.8, 4) is 0 Å². The standard InChI is InChI=1S/C8H17F3O3Si/c1-3-13-15(12,14-4-2)7-5-6-8(9,10)11/h12H,3-7H2,1-2H3. The van der Waals surface area contributed by atoms with E-state index in [-0.39, 0.29) is 25.7 Å². The maximum absolute atomic E-state index is 11.9. The molecule has 0 fully saturated rings. The lowest BCUT2D eigenvalue weighted by molar-refractivity contribution is -0.135. The van der Waals surface area contributed by atoms with Crippen LogP contribution in [0.15, 0.2) is 0 Å². The van der Waals surface area contributed by atoms with Crippen LogP contribution in [0, 0.1) is 0 Å². The zero-order valence-corrected chi connectivity index (χ0v) is 9.93. The van der Waals surface area contributed by atoms with Crippen molar-refractivity contribution in [1.82, 2.24) is 0 Å². The van der Waals surface area contributed by atoms with Gasteiger partial charge in [0.2, 0.25) is 0 Å². The van der Waals surface area contributed by atoms with Gasteiger partial charge in [0, 0.05) is 25.7 Å². The predicted molar refractivity (Wildman–Crippen MR) is 51.3 cm³/mol. The van der Waals surface area contributed by atoms with E-state index in [1.54, 1.807) is 13.8 Å². The van der Waals surface area contributed by atoms with E-state index in [1.165, 1.54) is 0 Å². The fraction of sp³-hybridized carbons (Fsp3) is 1.00. The first-order valence-electron chi connectivity index (χ1n) is 4.90. The highest BCUT2D eigenvalue weighted by Crippen LogP contribution is 2.25. The zero-order chi connectivity index (χ0) is 11.9. The molecule has 0 saturated carbocycles. The van der Waals surface area contributed by atoms with Gasteiger partial charge in [-0.1, -0.05) is 0 Å². The number of halogens is 3. The lowest BCUT2D eigenvalue weighted by Gasteiger charge is -2.22. The van der Waals surface area contributed by atoms with Gasteiger partial charge in [-0.05, 0) is 20.3 Å². The van der Waals surface area contributed by atoms with Gasteiger partial charge in [-0.3, -0.25) is 0 Å². The highest BCUT2D eigenvalue weighted by molar-refractivity contribution is 6.59. The van der Waals surface area contributed by atoms with Crippen LogP contribution >= 0.6 is 0 Å². The molecule has 0 aliphatic heterocycles. The normalized spacial score (nSPS) is 13.2. The monoisotopic (exact) mass is 246 g/mol. The van der Waals surface area contributed by atoms with Gasteiger partial charge in [-0.25, -0.2) is 0 Å². The lowest BCUT2D eigenvalue weighted by atomic mass is 10.3. The Morgan fingerprint density at radius 3 is 1.93 bits per heavy atom. The van der Waals surface area contributed by atoms with Gasteiger partial charge in [0.15, 0.2) is 0 Å². The second-order valence-electron chi connectivity index (χ2n) is 3.05. The molecule has 0 amide bonds. The Morgan fingerprint density at radius 1 is 1.13 bits per heavy atom. The Bertz CT molecular complexity index is 169. The van der Waals surface area contributed by atoms with Gasteiger partial charge in [-0.2, -0.15) is 13.2 Å². The Balaban J connectivity index is 3.95. The van der Waals surface area contributed by atoms with Gasteiger partial charge < -0.3 is 13.6 Å². The molecule has 0 saturated heterocycles. The minimum Gasteiger partial charge on any atom is -0.390 e. The van der Waals surface area contributed by atoms with Gasteiger partial charge in [-0.15, -0.1) is 0 Å². The molecule has 0 atom stereocenters. The van der Waals surface area contributed by atoms with Crippen molar-refractivity contribution in [2.45, 2.75) is 38.9 Å². The van der Waals surface area contributed by atoms with Crippen LogP contribution in [0.1, 0.15) is 26.7 Å². The summed E-state index contributed by atoms with van der Waals surface area (Å²) in [7, 11) is -3.35. The summed E-state index contributed by atoms with van der Waals surface area (Å²) in [5.41, 5.74) is 0. The second-order valence-corrected chi connectivity index (χ2v) is 5.55. The number of hydrogen-bond donors (Lipinski definition) is 1. The minimum absolute atomic E-state index is 0.0474. The van der Waals surface area contributed by atoms with Gasteiger partial charge in [0.25, 0.3) is 0 Å². The van der Waals surface area contributed by atoms with Crippen molar-refractivity contribution < 1.29 is 26.8 Å². The van der Waals surface area contributed by atoms with Crippen molar-refractivity contribution in [3.63, 3.8) is 0 Å². The first-order chi connectivity index (χ1) is 6.83. The fourth-order valence-electron chi connectivity index (χ4n) is 1.15. The molecule has 92 valence electrons. The quantitative estimate of drug-likeness (QED) is 0.701. The van der Waals surface area contributed by atoms with Crippen LogP contribution in [-0.2, 0) is 8.85 Å². The molecule has 0 aromatic rings. The summed E-state index contributed by atoms with van der Waals surface area (Å²) < 4.78 is 45.5. The fourth-order valence-corrected chi connectivity index (χ4v) is 3.05. The molecule has 0 unspecified atom stereocenters. The van der Waals surface area contributed by atoms with E-state index in [9.17, 15) is 18.0 Å². The summed E-state index contributed by atoms with van der Waals surface area (Å²) in [6.45, 7) is 3.82.